The van der Waals surface area contributed by atoms with Crippen molar-refractivity contribution in [2.45, 2.75) is 43.7 Å². The summed E-state index contributed by atoms with van der Waals surface area (Å²) in [6.45, 7) is 4.75. The van der Waals surface area contributed by atoms with Gasteiger partial charge in [0.2, 0.25) is 0 Å². The number of sulfone groups is 1. The molecule has 0 saturated carbocycles. The van der Waals surface area contributed by atoms with E-state index >= 15 is 0 Å². The number of nitrogens with one attached hydrogen (secondary N) is 1. The lowest BCUT2D eigenvalue weighted by Gasteiger charge is -2.22. The molecule has 1 amide bonds. The van der Waals surface area contributed by atoms with Crippen LogP contribution in [0.25, 0.3) is 0 Å². The zero-order chi connectivity index (χ0) is 19.6. The minimum absolute atomic E-state index is 0.290. The Morgan fingerprint density at radius 2 is 1.88 bits per heavy atom. The molecule has 0 aliphatic carbocycles. The van der Waals surface area contributed by atoms with Crippen LogP contribution in [0.3, 0.4) is 0 Å². The van der Waals surface area contributed by atoms with Crippen molar-refractivity contribution in [3.63, 3.8) is 0 Å². The highest BCUT2D eigenvalue weighted by atomic mass is 32.2. The molecule has 1 rings (SSSR count). The van der Waals surface area contributed by atoms with Crippen LogP contribution in [0.4, 0.5) is 9.18 Å². The third-order valence-electron chi connectivity index (χ3n) is 2.94. The van der Waals surface area contributed by atoms with Gasteiger partial charge in [-0.05, 0) is 32.4 Å². The Morgan fingerprint density at radius 3 is 2.32 bits per heavy atom. The van der Waals surface area contributed by atoms with Gasteiger partial charge < -0.3 is 20.3 Å². The smallest absolute Gasteiger partial charge is 0.408 e. The number of alkyl carbamates (subject to hydrolysis) is 1. The van der Waals surface area contributed by atoms with E-state index in [1.807, 2.05) is 0 Å². The fourth-order valence-electron chi connectivity index (χ4n) is 1.97. The highest BCUT2D eigenvalue weighted by Crippen LogP contribution is 2.28. The lowest BCUT2D eigenvalue weighted by Crippen LogP contribution is -2.44. The molecule has 0 bridgehead atoms. The highest BCUT2D eigenvalue weighted by molar-refractivity contribution is 7.90. The van der Waals surface area contributed by atoms with Crippen LogP contribution in [0.15, 0.2) is 17.0 Å². The summed E-state index contributed by atoms with van der Waals surface area (Å²) in [5.74, 6) is -3.50. The van der Waals surface area contributed by atoms with Gasteiger partial charge in [-0.1, -0.05) is 6.07 Å². The summed E-state index contributed by atoms with van der Waals surface area (Å²) in [6, 6.07) is 0.439. The molecule has 0 aromatic heterocycles. The van der Waals surface area contributed by atoms with Gasteiger partial charge in [0.25, 0.3) is 0 Å². The third kappa shape index (κ3) is 5.89. The van der Waals surface area contributed by atoms with Crippen molar-refractivity contribution in [1.29, 1.82) is 0 Å². The molecule has 0 aliphatic heterocycles. The van der Waals surface area contributed by atoms with Crippen LogP contribution < -0.4 is 5.32 Å². The van der Waals surface area contributed by atoms with E-state index in [1.54, 1.807) is 20.8 Å². The van der Waals surface area contributed by atoms with Gasteiger partial charge in [-0.3, -0.25) is 0 Å². The number of halogens is 1. The number of aliphatic carboxylic acids is 1. The van der Waals surface area contributed by atoms with E-state index in [0.29, 0.717) is 6.26 Å². The van der Waals surface area contributed by atoms with E-state index in [1.165, 1.54) is 0 Å². The van der Waals surface area contributed by atoms with E-state index in [4.69, 9.17) is 4.74 Å². The van der Waals surface area contributed by atoms with E-state index in [9.17, 15) is 32.6 Å². The number of rotatable bonds is 5. The maximum Gasteiger partial charge on any atom is 0.408 e. The Hall–Kier alpha value is -2.36. The quantitative estimate of drug-likeness (QED) is 0.708. The summed E-state index contributed by atoms with van der Waals surface area (Å²) in [5.41, 5.74) is -1.15. The molecule has 0 aliphatic rings. The van der Waals surface area contributed by atoms with Crippen LogP contribution in [-0.4, -0.2) is 48.6 Å². The Bertz CT molecular complexity index is 784. The van der Waals surface area contributed by atoms with Crippen LogP contribution in [0.1, 0.15) is 26.3 Å². The molecule has 8 nitrogen and oxygen atoms in total. The predicted octanol–water partition coefficient (Wildman–Crippen LogP) is 1.46. The van der Waals surface area contributed by atoms with E-state index in [-0.39, 0.29) is 5.56 Å². The first-order valence-corrected chi connectivity index (χ1v) is 9.04. The molecule has 0 fully saturated rings. The summed E-state index contributed by atoms with van der Waals surface area (Å²) < 4.78 is 42.5. The summed E-state index contributed by atoms with van der Waals surface area (Å²) in [4.78, 5) is 22.1. The van der Waals surface area contributed by atoms with Gasteiger partial charge in [0, 0.05) is 12.7 Å². The Balaban J connectivity index is 3.12. The number of aromatic hydroxyl groups is 1. The SMILES string of the molecule is CC(C)(C)OC(=O)NC(Cc1ccc(O)c(S(C)(=O)=O)c1F)C(=O)O. The van der Waals surface area contributed by atoms with Crippen molar-refractivity contribution in [2.75, 3.05) is 6.26 Å². The van der Waals surface area contributed by atoms with Crippen molar-refractivity contribution in [3.8, 4) is 5.75 Å². The van der Waals surface area contributed by atoms with Crippen LogP contribution >= 0.6 is 0 Å². The molecule has 1 aromatic carbocycles. The molecule has 1 unspecified atom stereocenters. The number of carbonyl (C=O) groups is 2. The number of benzene rings is 1. The van der Waals surface area contributed by atoms with Crippen LogP contribution in [0, 0.1) is 5.82 Å². The summed E-state index contributed by atoms with van der Waals surface area (Å²) in [5, 5.41) is 20.8. The van der Waals surface area contributed by atoms with E-state index < -0.39 is 56.4 Å². The Labute approximate surface area is 144 Å². The molecule has 1 atom stereocenters. The second-order valence-corrected chi connectivity index (χ2v) is 8.35. The summed E-state index contributed by atoms with van der Waals surface area (Å²) >= 11 is 0. The summed E-state index contributed by atoms with van der Waals surface area (Å²) in [6.07, 6.45) is -0.839. The molecular weight excluding hydrogens is 357 g/mol. The molecule has 3 N–H and O–H groups in total. The van der Waals surface area contributed by atoms with E-state index in [2.05, 4.69) is 5.32 Å². The molecular formula is C15H20FNO7S. The average Bonchev–Trinajstić information content (AvgIpc) is 2.37. The molecule has 0 spiro atoms. The van der Waals surface area contributed by atoms with Gasteiger partial charge in [0.1, 0.15) is 28.1 Å². The molecule has 0 radical (unpaired) electrons. The van der Waals surface area contributed by atoms with Crippen molar-refractivity contribution in [2.24, 2.45) is 0 Å². The van der Waals surface area contributed by atoms with Crippen LogP contribution in [-0.2, 0) is 25.8 Å². The summed E-state index contributed by atoms with van der Waals surface area (Å²) in [7, 11) is -4.07. The first kappa shape index (κ1) is 20.7. The standard InChI is InChI=1S/C15H20FNO7S/c1-15(2,3)24-14(21)17-9(13(19)20)7-8-5-6-10(18)12(11(8)16)25(4,22)23/h5-6,9,18H,7H2,1-4H3,(H,17,21)(H,19,20). The highest BCUT2D eigenvalue weighted by Gasteiger charge is 2.28. The maximum absolute atomic E-state index is 14.4. The third-order valence-corrected chi connectivity index (χ3v) is 4.07. The zero-order valence-electron chi connectivity index (χ0n) is 14.2. The number of amides is 1. The Kier molecular flexibility index (Phi) is 6.00. The topological polar surface area (TPSA) is 130 Å². The average molecular weight is 377 g/mol. The largest absolute Gasteiger partial charge is 0.506 e. The number of ether oxygens (including phenoxy) is 1. The number of carboxylic acids is 1. The first-order chi connectivity index (χ1) is 11.2. The predicted molar refractivity (Wildman–Crippen MR) is 85.7 cm³/mol. The number of hydrogen-bond acceptors (Lipinski definition) is 6. The molecule has 1 aromatic rings. The minimum Gasteiger partial charge on any atom is -0.506 e. The van der Waals surface area contributed by atoms with Gasteiger partial charge in [-0.2, -0.15) is 0 Å². The Morgan fingerprint density at radius 1 is 1.32 bits per heavy atom. The fourth-order valence-corrected chi connectivity index (χ4v) is 2.87. The molecule has 0 heterocycles. The number of phenolic OH excluding ortho intramolecular Hbond substituents is 1. The van der Waals surface area contributed by atoms with Gasteiger partial charge in [-0.15, -0.1) is 0 Å². The van der Waals surface area contributed by atoms with Crippen molar-refractivity contribution >= 4 is 21.9 Å². The molecule has 0 saturated heterocycles. The lowest BCUT2D eigenvalue weighted by molar-refractivity contribution is -0.139. The second-order valence-electron chi connectivity index (χ2n) is 6.40. The number of carbonyl (C=O) groups excluding carboxylic acids is 1. The maximum atomic E-state index is 14.4. The normalized spacial score (nSPS) is 13.2. The van der Waals surface area contributed by atoms with Gasteiger partial charge >= 0.3 is 12.1 Å². The fraction of sp³-hybridized carbons (Fsp3) is 0.467. The van der Waals surface area contributed by atoms with Crippen LogP contribution in [0.2, 0.25) is 0 Å². The van der Waals surface area contributed by atoms with Gasteiger partial charge in [0.15, 0.2) is 9.84 Å². The molecule has 25 heavy (non-hydrogen) atoms. The molecule has 10 heteroatoms. The van der Waals surface area contributed by atoms with Crippen LogP contribution in [0.5, 0.6) is 5.75 Å². The number of hydrogen-bond donors (Lipinski definition) is 3. The first-order valence-electron chi connectivity index (χ1n) is 7.15. The van der Waals surface area contributed by atoms with Gasteiger partial charge in [-0.25, -0.2) is 22.4 Å². The van der Waals surface area contributed by atoms with E-state index in [0.717, 1.165) is 12.1 Å². The monoisotopic (exact) mass is 377 g/mol. The molecule has 140 valence electrons. The van der Waals surface area contributed by atoms with Gasteiger partial charge in [0.05, 0.1) is 0 Å². The van der Waals surface area contributed by atoms with Crippen molar-refractivity contribution in [3.05, 3.63) is 23.5 Å². The van der Waals surface area contributed by atoms with Crippen molar-refractivity contribution in [1.82, 2.24) is 5.32 Å². The minimum atomic E-state index is -4.07. The number of phenols is 1. The number of carboxylic acid groups (broad SMARTS) is 1. The zero-order valence-corrected chi connectivity index (χ0v) is 15.0. The van der Waals surface area contributed by atoms with Crippen molar-refractivity contribution < 1.29 is 37.3 Å². The second kappa shape index (κ2) is 7.26. The lowest BCUT2D eigenvalue weighted by atomic mass is 10.1.